The van der Waals surface area contributed by atoms with Crippen LogP contribution >= 0.6 is 38.6 Å². The van der Waals surface area contributed by atoms with E-state index in [1.54, 1.807) is 26.0 Å². The fraction of sp³-hybridized carbons (Fsp3) is 0.292. The standard InChI is InChI=1S/C24H23BrN2O6S2/c1-6-33-23(29)19-12(2)26-24-27(22(28)17(35-24)11-14-7-8-18(25)34-14)20(19)13-9-15(30-3)21(32-5)16(10-13)31-4/h7-11,20H,6H2,1-5H3/t20-/m0/s1. The lowest BCUT2D eigenvalue weighted by Crippen LogP contribution is -2.40. The van der Waals surface area contributed by atoms with E-state index in [1.165, 1.54) is 48.6 Å². The molecule has 0 aliphatic carbocycles. The molecule has 3 aromatic rings. The Labute approximate surface area is 217 Å². The Kier molecular flexibility index (Phi) is 7.48. The summed E-state index contributed by atoms with van der Waals surface area (Å²) in [5.41, 5.74) is 1.10. The van der Waals surface area contributed by atoms with Gasteiger partial charge in [0, 0.05) is 4.88 Å². The van der Waals surface area contributed by atoms with E-state index in [4.69, 9.17) is 18.9 Å². The van der Waals surface area contributed by atoms with Crippen LogP contribution in [0.5, 0.6) is 17.2 Å². The second kappa shape index (κ2) is 10.4. The number of aromatic nitrogens is 1. The number of hydrogen-bond acceptors (Lipinski definition) is 9. The normalized spacial score (nSPS) is 15.5. The predicted molar refractivity (Wildman–Crippen MR) is 139 cm³/mol. The molecule has 184 valence electrons. The molecule has 8 nitrogen and oxygen atoms in total. The number of halogens is 1. The third kappa shape index (κ3) is 4.67. The van der Waals surface area contributed by atoms with Gasteiger partial charge in [0.05, 0.1) is 53.6 Å². The number of ether oxygens (including phenoxy) is 4. The molecule has 0 bridgehead atoms. The van der Waals surface area contributed by atoms with Crippen LogP contribution in [0, 0.1) is 0 Å². The number of esters is 1. The monoisotopic (exact) mass is 578 g/mol. The molecule has 0 spiro atoms. The van der Waals surface area contributed by atoms with Crippen molar-refractivity contribution in [1.29, 1.82) is 0 Å². The van der Waals surface area contributed by atoms with Crippen molar-refractivity contribution < 1.29 is 23.7 Å². The first-order chi connectivity index (χ1) is 16.8. The SMILES string of the molecule is CCOC(=O)C1=C(C)N=c2sc(=Cc3ccc(Br)s3)c(=O)n2[C@H]1c1cc(OC)c(OC)c(OC)c1. The summed E-state index contributed by atoms with van der Waals surface area (Å²) in [7, 11) is 4.54. The van der Waals surface area contributed by atoms with Crippen LogP contribution in [-0.2, 0) is 9.53 Å². The summed E-state index contributed by atoms with van der Waals surface area (Å²) >= 11 is 6.24. The first-order valence-corrected chi connectivity index (χ1v) is 13.0. The van der Waals surface area contributed by atoms with E-state index in [-0.39, 0.29) is 17.7 Å². The van der Waals surface area contributed by atoms with Gasteiger partial charge in [-0.15, -0.1) is 11.3 Å². The van der Waals surface area contributed by atoms with Gasteiger partial charge in [0.2, 0.25) is 5.75 Å². The van der Waals surface area contributed by atoms with Crippen LogP contribution in [0.25, 0.3) is 6.08 Å². The number of nitrogens with zero attached hydrogens (tertiary/aromatic N) is 2. The van der Waals surface area contributed by atoms with Crippen molar-refractivity contribution in [2.45, 2.75) is 19.9 Å². The van der Waals surface area contributed by atoms with Gasteiger partial charge in [-0.3, -0.25) is 9.36 Å². The lowest BCUT2D eigenvalue weighted by molar-refractivity contribution is -0.139. The van der Waals surface area contributed by atoms with Crippen molar-refractivity contribution in [3.63, 3.8) is 0 Å². The van der Waals surface area contributed by atoms with Crippen LogP contribution in [0.2, 0.25) is 0 Å². The van der Waals surface area contributed by atoms with Crippen molar-refractivity contribution >= 4 is 50.6 Å². The Bertz CT molecular complexity index is 1480. The molecule has 0 fully saturated rings. The van der Waals surface area contributed by atoms with Gasteiger partial charge in [0.25, 0.3) is 5.56 Å². The predicted octanol–water partition coefficient (Wildman–Crippen LogP) is 3.65. The van der Waals surface area contributed by atoms with E-state index in [9.17, 15) is 9.59 Å². The van der Waals surface area contributed by atoms with Crippen LogP contribution in [0.15, 0.2) is 49.1 Å². The number of hydrogen-bond donors (Lipinski definition) is 0. The maximum absolute atomic E-state index is 13.7. The lowest BCUT2D eigenvalue weighted by atomic mass is 9.95. The number of carbonyl (C=O) groups excluding carboxylic acids is 1. The second-order valence-electron chi connectivity index (χ2n) is 7.40. The Hall–Kier alpha value is -2.89. The summed E-state index contributed by atoms with van der Waals surface area (Å²) in [6, 6.07) is 6.53. The fourth-order valence-electron chi connectivity index (χ4n) is 3.90. The van der Waals surface area contributed by atoms with Crippen LogP contribution in [0.4, 0.5) is 0 Å². The summed E-state index contributed by atoms with van der Waals surface area (Å²) in [4.78, 5) is 32.8. The molecule has 4 rings (SSSR count). The molecule has 11 heteroatoms. The first-order valence-electron chi connectivity index (χ1n) is 10.6. The van der Waals surface area contributed by atoms with Gasteiger partial charge < -0.3 is 18.9 Å². The quantitative estimate of drug-likeness (QED) is 0.398. The number of thiazole rings is 1. The zero-order chi connectivity index (χ0) is 25.3. The van der Waals surface area contributed by atoms with E-state index in [0.29, 0.717) is 37.8 Å². The number of fused-ring (bicyclic) bond motifs is 1. The second-order valence-corrected chi connectivity index (χ2v) is 10.9. The average Bonchev–Trinajstić information content (AvgIpc) is 3.39. The van der Waals surface area contributed by atoms with E-state index >= 15 is 0 Å². The lowest BCUT2D eigenvalue weighted by Gasteiger charge is -2.26. The van der Waals surface area contributed by atoms with Crippen molar-refractivity contribution in [1.82, 2.24) is 4.57 Å². The number of thiophene rings is 1. The molecular formula is C24H23BrN2O6S2. The Morgan fingerprint density at radius 2 is 1.83 bits per heavy atom. The maximum atomic E-state index is 13.7. The Morgan fingerprint density at radius 3 is 2.37 bits per heavy atom. The summed E-state index contributed by atoms with van der Waals surface area (Å²) in [5.74, 6) is 0.687. The van der Waals surface area contributed by atoms with Gasteiger partial charge in [0.1, 0.15) is 0 Å². The highest BCUT2D eigenvalue weighted by Crippen LogP contribution is 2.42. The van der Waals surface area contributed by atoms with Gasteiger partial charge in [-0.2, -0.15) is 0 Å². The van der Waals surface area contributed by atoms with Crippen molar-refractivity contribution in [3.8, 4) is 17.2 Å². The molecule has 0 amide bonds. The van der Waals surface area contributed by atoms with Crippen molar-refractivity contribution in [2.75, 3.05) is 27.9 Å². The molecule has 1 aromatic carbocycles. The van der Waals surface area contributed by atoms with Gasteiger partial charge in [-0.1, -0.05) is 11.3 Å². The summed E-state index contributed by atoms with van der Waals surface area (Å²) in [6.07, 6.45) is 1.83. The number of benzene rings is 1. The van der Waals surface area contributed by atoms with Crippen LogP contribution in [-0.4, -0.2) is 38.5 Å². The minimum atomic E-state index is -0.795. The highest BCUT2D eigenvalue weighted by Gasteiger charge is 2.34. The maximum Gasteiger partial charge on any atom is 0.338 e. The van der Waals surface area contributed by atoms with Crippen LogP contribution in [0.3, 0.4) is 0 Å². The zero-order valence-corrected chi connectivity index (χ0v) is 22.9. The summed E-state index contributed by atoms with van der Waals surface area (Å²) in [5, 5.41) is 0. The molecule has 1 atom stereocenters. The third-order valence-corrected chi connectivity index (χ3v) is 7.94. The minimum Gasteiger partial charge on any atom is -0.493 e. The Balaban J connectivity index is 2.02. The van der Waals surface area contributed by atoms with Crippen molar-refractivity contribution in [2.24, 2.45) is 4.99 Å². The molecule has 3 heterocycles. The smallest absolute Gasteiger partial charge is 0.338 e. The molecule has 0 N–H and O–H groups in total. The Morgan fingerprint density at radius 1 is 1.14 bits per heavy atom. The minimum absolute atomic E-state index is 0.190. The topological polar surface area (TPSA) is 88.4 Å². The number of carbonyl (C=O) groups is 1. The molecule has 0 saturated heterocycles. The molecular weight excluding hydrogens is 556 g/mol. The number of methoxy groups -OCH3 is 3. The average molecular weight is 579 g/mol. The largest absolute Gasteiger partial charge is 0.493 e. The summed E-state index contributed by atoms with van der Waals surface area (Å²) in [6.45, 7) is 3.66. The molecule has 1 aliphatic rings. The third-order valence-electron chi connectivity index (χ3n) is 5.39. The molecule has 1 aliphatic heterocycles. The molecule has 0 radical (unpaired) electrons. The van der Waals surface area contributed by atoms with E-state index in [1.807, 2.05) is 18.2 Å². The molecule has 0 saturated carbocycles. The number of rotatable bonds is 7. The van der Waals surface area contributed by atoms with E-state index in [2.05, 4.69) is 20.9 Å². The zero-order valence-electron chi connectivity index (χ0n) is 19.7. The van der Waals surface area contributed by atoms with E-state index in [0.717, 1.165) is 8.66 Å². The van der Waals surface area contributed by atoms with Gasteiger partial charge in [-0.25, -0.2) is 9.79 Å². The van der Waals surface area contributed by atoms with Crippen LogP contribution < -0.4 is 29.1 Å². The van der Waals surface area contributed by atoms with E-state index < -0.39 is 12.0 Å². The van der Waals surface area contributed by atoms with Crippen LogP contribution in [0.1, 0.15) is 30.3 Å². The van der Waals surface area contributed by atoms with Gasteiger partial charge >= 0.3 is 5.97 Å². The molecule has 35 heavy (non-hydrogen) atoms. The van der Waals surface area contributed by atoms with Gasteiger partial charge in [0.15, 0.2) is 16.3 Å². The van der Waals surface area contributed by atoms with Crippen molar-refractivity contribution in [3.05, 3.63) is 69.5 Å². The number of allylic oxidation sites excluding steroid dienone is 1. The summed E-state index contributed by atoms with van der Waals surface area (Å²) < 4.78 is 24.9. The molecule has 2 aromatic heterocycles. The fourth-order valence-corrected chi connectivity index (χ4v) is 6.38. The highest BCUT2D eigenvalue weighted by atomic mass is 79.9. The molecule has 0 unspecified atom stereocenters. The van der Waals surface area contributed by atoms with Gasteiger partial charge in [-0.05, 0) is 65.7 Å². The first kappa shape index (κ1) is 25.2. The highest BCUT2D eigenvalue weighted by molar-refractivity contribution is 9.11.